The highest BCUT2D eigenvalue weighted by atomic mass is 32.1. The van der Waals surface area contributed by atoms with E-state index in [2.05, 4.69) is 46.5 Å². The van der Waals surface area contributed by atoms with Gasteiger partial charge in [-0.2, -0.15) is 15.4 Å². The van der Waals surface area contributed by atoms with E-state index in [1.54, 1.807) is 11.3 Å². The summed E-state index contributed by atoms with van der Waals surface area (Å²) in [6.07, 6.45) is 1.39. The van der Waals surface area contributed by atoms with Gasteiger partial charge in [-0.3, -0.25) is 4.79 Å². The number of nitrogens with zero attached hydrogens (tertiary/aromatic N) is 3. The van der Waals surface area contributed by atoms with Crippen LogP contribution in [-0.4, -0.2) is 26.3 Å². The van der Waals surface area contributed by atoms with Gasteiger partial charge in [0.25, 0.3) is 5.91 Å². The van der Waals surface area contributed by atoms with Crippen molar-refractivity contribution in [2.75, 3.05) is 0 Å². The molecule has 7 heteroatoms. The Kier molecular flexibility index (Phi) is 3.42. The number of rotatable bonds is 3. The predicted octanol–water partition coefficient (Wildman–Crippen LogP) is 1.49. The third kappa shape index (κ3) is 2.92. The summed E-state index contributed by atoms with van der Waals surface area (Å²) in [7, 11) is 0. The zero-order valence-corrected chi connectivity index (χ0v) is 11.3. The maximum atomic E-state index is 11.6. The summed E-state index contributed by atoms with van der Waals surface area (Å²) >= 11 is 1.55. The van der Waals surface area contributed by atoms with Crippen LogP contribution in [-0.2, 0) is 12.0 Å². The van der Waals surface area contributed by atoms with Crippen LogP contribution < -0.4 is 5.32 Å². The van der Waals surface area contributed by atoms with E-state index in [0.717, 1.165) is 10.7 Å². The smallest absolute Gasteiger partial charge is 0.273 e. The molecule has 2 aromatic rings. The lowest BCUT2D eigenvalue weighted by atomic mass is 9.93. The number of amides is 1. The second kappa shape index (κ2) is 4.85. The van der Waals surface area contributed by atoms with Crippen LogP contribution in [0.15, 0.2) is 11.6 Å². The first kappa shape index (κ1) is 12.7. The Labute approximate surface area is 109 Å². The van der Waals surface area contributed by atoms with E-state index in [9.17, 15) is 4.79 Å². The van der Waals surface area contributed by atoms with Crippen molar-refractivity contribution in [1.82, 2.24) is 25.7 Å². The minimum Gasteiger partial charge on any atom is -0.344 e. The van der Waals surface area contributed by atoms with Gasteiger partial charge in [-0.05, 0) is 0 Å². The summed E-state index contributed by atoms with van der Waals surface area (Å²) in [5.74, 6) is -0.253. The summed E-state index contributed by atoms with van der Waals surface area (Å²) in [5.41, 5.74) is 1.35. The van der Waals surface area contributed by atoms with Crippen molar-refractivity contribution >= 4 is 17.2 Å². The normalized spacial score (nSPS) is 11.5. The second-order valence-electron chi connectivity index (χ2n) is 4.91. The molecule has 0 aromatic carbocycles. The van der Waals surface area contributed by atoms with E-state index in [1.807, 2.05) is 5.38 Å². The molecule has 0 unspecified atom stereocenters. The first-order valence-corrected chi connectivity index (χ1v) is 6.43. The van der Waals surface area contributed by atoms with Crippen molar-refractivity contribution < 1.29 is 4.79 Å². The highest BCUT2D eigenvalue weighted by Gasteiger charge is 2.17. The van der Waals surface area contributed by atoms with E-state index in [-0.39, 0.29) is 17.0 Å². The van der Waals surface area contributed by atoms with Gasteiger partial charge in [0.05, 0.1) is 18.4 Å². The van der Waals surface area contributed by atoms with Gasteiger partial charge in [0, 0.05) is 10.8 Å². The van der Waals surface area contributed by atoms with Crippen molar-refractivity contribution in [1.29, 1.82) is 0 Å². The number of hydrogen-bond acceptors (Lipinski definition) is 5. The van der Waals surface area contributed by atoms with E-state index in [1.165, 1.54) is 6.20 Å². The topological polar surface area (TPSA) is 83.6 Å². The molecule has 6 nitrogen and oxygen atoms in total. The van der Waals surface area contributed by atoms with E-state index < -0.39 is 0 Å². The van der Waals surface area contributed by atoms with Crippen LogP contribution in [0.1, 0.15) is 42.0 Å². The van der Waals surface area contributed by atoms with Crippen molar-refractivity contribution in [2.24, 2.45) is 0 Å². The van der Waals surface area contributed by atoms with Crippen molar-refractivity contribution in [3.8, 4) is 0 Å². The van der Waals surface area contributed by atoms with E-state index in [4.69, 9.17) is 0 Å². The molecular formula is C11H15N5OS. The molecule has 0 aliphatic rings. The zero-order valence-electron chi connectivity index (χ0n) is 10.5. The average molecular weight is 265 g/mol. The molecule has 0 radical (unpaired) electrons. The lowest BCUT2D eigenvalue weighted by Gasteiger charge is -2.14. The molecule has 96 valence electrons. The maximum Gasteiger partial charge on any atom is 0.273 e. The average Bonchev–Trinajstić information content (AvgIpc) is 2.96. The van der Waals surface area contributed by atoms with Gasteiger partial charge in [-0.15, -0.1) is 11.3 Å². The molecule has 0 spiro atoms. The van der Waals surface area contributed by atoms with Gasteiger partial charge in [0.2, 0.25) is 0 Å². The summed E-state index contributed by atoms with van der Waals surface area (Å²) < 4.78 is 0. The van der Waals surface area contributed by atoms with Gasteiger partial charge >= 0.3 is 0 Å². The fourth-order valence-electron chi connectivity index (χ4n) is 1.29. The molecule has 0 bridgehead atoms. The standard InChI is InChI=1S/C11H15N5OS/c1-11(2,3)8-6-18-9(14-8)5-12-10(17)7-4-13-16-15-7/h4,6H,5H2,1-3H3,(H,12,17)(H,13,15,16). The van der Waals surface area contributed by atoms with Crippen LogP contribution in [0.5, 0.6) is 0 Å². The summed E-state index contributed by atoms with van der Waals surface area (Å²) in [4.78, 5) is 16.1. The fraction of sp³-hybridized carbons (Fsp3) is 0.455. The Bertz CT molecular complexity index is 526. The van der Waals surface area contributed by atoms with Crippen molar-refractivity contribution in [2.45, 2.75) is 32.7 Å². The van der Waals surface area contributed by atoms with E-state index >= 15 is 0 Å². The van der Waals surface area contributed by atoms with Crippen LogP contribution in [0.2, 0.25) is 0 Å². The Morgan fingerprint density at radius 2 is 2.28 bits per heavy atom. The molecule has 0 saturated heterocycles. The lowest BCUT2D eigenvalue weighted by Crippen LogP contribution is -2.23. The number of carbonyl (C=O) groups excluding carboxylic acids is 1. The fourth-order valence-corrected chi connectivity index (χ4v) is 2.25. The van der Waals surface area contributed by atoms with Crippen LogP contribution in [0.4, 0.5) is 0 Å². The maximum absolute atomic E-state index is 11.6. The predicted molar refractivity (Wildman–Crippen MR) is 68.4 cm³/mol. The van der Waals surface area contributed by atoms with Crippen LogP contribution in [0.3, 0.4) is 0 Å². The molecule has 2 rings (SSSR count). The number of aromatic nitrogens is 4. The minimum absolute atomic E-state index is 0.0326. The lowest BCUT2D eigenvalue weighted by molar-refractivity contribution is 0.0946. The highest BCUT2D eigenvalue weighted by Crippen LogP contribution is 2.23. The van der Waals surface area contributed by atoms with Crippen LogP contribution in [0.25, 0.3) is 0 Å². The Balaban J connectivity index is 1.95. The zero-order chi connectivity index (χ0) is 13.2. The third-order valence-corrected chi connectivity index (χ3v) is 3.22. The van der Waals surface area contributed by atoms with Gasteiger partial charge in [0.1, 0.15) is 5.01 Å². The largest absolute Gasteiger partial charge is 0.344 e. The molecule has 1 amide bonds. The summed E-state index contributed by atoms with van der Waals surface area (Å²) in [6, 6.07) is 0. The Morgan fingerprint density at radius 1 is 1.50 bits per heavy atom. The first-order valence-electron chi connectivity index (χ1n) is 5.55. The second-order valence-corrected chi connectivity index (χ2v) is 5.86. The number of H-pyrrole nitrogens is 1. The Morgan fingerprint density at radius 3 is 2.83 bits per heavy atom. The van der Waals surface area contributed by atoms with Gasteiger partial charge in [0.15, 0.2) is 5.69 Å². The van der Waals surface area contributed by atoms with E-state index in [0.29, 0.717) is 6.54 Å². The molecule has 18 heavy (non-hydrogen) atoms. The highest BCUT2D eigenvalue weighted by molar-refractivity contribution is 7.09. The molecule has 2 heterocycles. The number of aromatic amines is 1. The van der Waals surface area contributed by atoms with Gasteiger partial charge in [-0.1, -0.05) is 20.8 Å². The molecule has 0 saturated carbocycles. The molecule has 0 aliphatic carbocycles. The molecular weight excluding hydrogens is 250 g/mol. The van der Waals surface area contributed by atoms with Gasteiger partial charge in [-0.25, -0.2) is 4.98 Å². The SMILES string of the molecule is CC(C)(C)c1csc(CNC(=O)c2cn[nH]n2)n1. The summed E-state index contributed by atoms with van der Waals surface area (Å²) in [5, 5.41) is 15.4. The molecule has 0 aliphatic heterocycles. The van der Waals surface area contributed by atoms with Gasteiger partial charge < -0.3 is 5.32 Å². The number of carbonyl (C=O) groups is 1. The minimum atomic E-state index is -0.253. The molecule has 2 N–H and O–H groups in total. The monoisotopic (exact) mass is 265 g/mol. The summed E-state index contributed by atoms with van der Waals surface area (Å²) in [6.45, 7) is 6.74. The molecule has 0 fully saturated rings. The number of thiazole rings is 1. The third-order valence-electron chi connectivity index (χ3n) is 2.37. The first-order chi connectivity index (χ1) is 8.47. The number of nitrogens with one attached hydrogen (secondary N) is 2. The van der Waals surface area contributed by atoms with Crippen LogP contribution >= 0.6 is 11.3 Å². The van der Waals surface area contributed by atoms with Crippen molar-refractivity contribution in [3.63, 3.8) is 0 Å². The molecule has 2 aromatic heterocycles. The molecule has 0 atom stereocenters. The van der Waals surface area contributed by atoms with Crippen molar-refractivity contribution in [3.05, 3.63) is 28.0 Å². The Hall–Kier alpha value is -1.76. The number of hydrogen-bond donors (Lipinski definition) is 2. The quantitative estimate of drug-likeness (QED) is 0.880. The van der Waals surface area contributed by atoms with Crippen LogP contribution in [0, 0.1) is 0 Å².